The molecule has 3 heteroatoms. The first-order valence-corrected chi connectivity index (χ1v) is 7.99. The molecule has 0 aliphatic heterocycles. The molecular weight excluding hydrogens is 302 g/mol. The molecule has 1 aromatic rings. The summed E-state index contributed by atoms with van der Waals surface area (Å²) in [5.74, 6) is 0.0346. The van der Waals surface area contributed by atoms with Crippen molar-refractivity contribution < 1.29 is 4.79 Å². The van der Waals surface area contributed by atoms with Crippen molar-refractivity contribution in [3.8, 4) is 0 Å². The van der Waals surface area contributed by atoms with Gasteiger partial charge in [-0.1, -0.05) is 61.0 Å². The van der Waals surface area contributed by atoms with E-state index in [4.69, 9.17) is 0 Å². The molecule has 0 saturated heterocycles. The molecule has 2 nitrogen and oxygen atoms in total. The van der Waals surface area contributed by atoms with E-state index in [1.54, 1.807) is 0 Å². The average molecular weight is 326 g/mol. The average Bonchev–Trinajstić information content (AvgIpc) is 2.40. The zero-order chi connectivity index (χ0) is 14.1. The standard InChI is InChI=1S/C16H24BrNO/c1-3-4-5-6-7-8-12-18-16(19)14-10-9-11-15(17)13(14)2/h9-11H,3-8,12H2,1-2H3,(H,18,19). The maximum absolute atomic E-state index is 12.0. The molecule has 0 aliphatic carbocycles. The summed E-state index contributed by atoms with van der Waals surface area (Å²) in [4.78, 5) is 12.0. The Balaban J connectivity index is 2.26. The van der Waals surface area contributed by atoms with Crippen molar-refractivity contribution in [1.82, 2.24) is 5.32 Å². The smallest absolute Gasteiger partial charge is 0.251 e. The van der Waals surface area contributed by atoms with Gasteiger partial charge in [0.05, 0.1) is 0 Å². The number of halogens is 1. The number of carbonyl (C=O) groups is 1. The number of carbonyl (C=O) groups excluding carboxylic acids is 1. The third-order valence-corrected chi connectivity index (χ3v) is 4.19. The summed E-state index contributed by atoms with van der Waals surface area (Å²) in [7, 11) is 0. The van der Waals surface area contributed by atoms with Gasteiger partial charge in [-0.15, -0.1) is 0 Å². The molecule has 0 radical (unpaired) electrons. The quantitative estimate of drug-likeness (QED) is 0.680. The molecule has 0 fully saturated rings. The maximum atomic E-state index is 12.0. The monoisotopic (exact) mass is 325 g/mol. The van der Waals surface area contributed by atoms with Crippen LogP contribution in [0.1, 0.15) is 61.4 Å². The minimum absolute atomic E-state index is 0.0346. The minimum Gasteiger partial charge on any atom is -0.352 e. The zero-order valence-electron chi connectivity index (χ0n) is 12.0. The van der Waals surface area contributed by atoms with Gasteiger partial charge in [0.15, 0.2) is 0 Å². The van der Waals surface area contributed by atoms with Gasteiger partial charge < -0.3 is 5.32 Å². The number of rotatable bonds is 8. The van der Waals surface area contributed by atoms with E-state index in [1.165, 1.54) is 32.1 Å². The molecule has 0 heterocycles. The summed E-state index contributed by atoms with van der Waals surface area (Å²) in [5.41, 5.74) is 1.77. The van der Waals surface area contributed by atoms with Crippen LogP contribution in [0.25, 0.3) is 0 Å². The van der Waals surface area contributed by atoms with E-state index >= 15 is 0 Å². The highest BCUT2D eigenvalue weighted by molar-refractivity contribution is 9.10. The predicted molar refractivity (Wildman–Crippen MR) is 84.6 cm³/mol. The molecule has 0 saturated carbocycles. The van der Waals surface area contributed by atoms with Gasteiger partial charge in [0.2, 0.25) is 0 Å². The minimum atomic E-state index is 0.0346. The van der Waals surface area contributed by atoms with Crippen LogP contribution in [0.15, 0.2) is 22.7 Å². The summed E-state index contributed by atoms with van der Waals surface area (Å²) in [6.07, 6.45) is 7.47. The number of amides is 1. The first-order valence-electron chi connectivity index (χ1n) is 7.20. The summed E-state index contributed by atoms with van der Waals surface area (Å²) >= 11 is 3.45. The van der Waals surface area contributed by atoms with Crippen LogP contribution in [-0.2, 0) is 0 Å². The lowest BCUT2D eigenvalue weighted by Gasteiger charge is -2.08. The Morgan fingerprint density at radius 1 is 1.16 bits per heavy atom. The fourth-order valence-corrected chi connectivity index (χ4v) is 2.42. The first kappa shape index (κ1) is 16.2. The van der Waals surface area contributed by atoms with Gasteiger partial charge in [0.25, 0.3) is 5.91 Å². The molecule has 1 amide bonds. The Morgan fingerprint density at radius 2 is 1.84 bits per heavy atom. The van der Waals surface area contributed by atoms with Gasteiger partial charge in [0, 0.05) is 16.6 Å². The van der Waals surface area contributed by atoms with Crippen molar-refractivity contribution in [3.63, 3.8) is 0 Å². The summed E-state index contributed by atoms with van der Waals surface area (Å²) in [6, 6.07) is 5.73. The molecule has 0 aliphatic rings. The third kappa shape index (κ3) is 5.77. The van der Waals surface area contributed by atoms with E-state index in [0.29, 0.717) is 0 Å². The van der Waals surface area contributed by atoms with Crippen molar-refractivity contribution in [2.24, 2.45) is 0 Å². The molecule has 0 bridgehead atoms. The highest BCUT2D eigenvalue weighted by Gasteiger charge is 2.09. The largest absolute Gasteiger partial charge is 0.352 e. The van der Waals surface area contributed by atoms with Crippen molar-refractivity contribution in [2.75, 3.05) is 6.54 Å². The highest BCUT2D eigenvalue weighted by atomic mass is 79.9. The van der Waals surface area contributed by atoms with E-state index in [0.717, 1.165) is 28.6 Å². The second kappa shape index (κ2) is 9.13. The predicted octanol–water partition coefficient (Wildman–Crippen LogP) is 4.85. The molecule has 1 N–H and O–H groups in total. The van der Waals surface area contributed by atoms with Crippen molar-refractivity contribution in [3.05, 3.63) is 33.8 Å². The van der Waals surface area contributed by atoms with Gasteiger partial charge in [0.1, 0.15) is 0 Å². The highest BCUT2D eigenvalue weighted by Crippen LogP contribution is 2.19. The second-order valence-corrected chi connectivity index (χ2v) is 5.79. The van der Waals surface area contributed by atoms with E-state index in [1.807, 2.05) is 25.1 Å². The lowest BCUT2D eigenvalue weighted by atomic mass is 10.1. The fourth-order valence-electron chi connectivity index (χ4n) is 2.06. The third-order valence-electron chi connectivity index (χ3n) is 3.33. The summed E-state index contributed by atoms with van der Waals surface area (Å²) < 4.78 is 0.986. The Hall–Kier alpha value is -0.830. The van der Waals surface area contributed by atoms with Gasteiger partial charge in [-0.25, -0.2) is 0 Å². The van der Waals surface area contributed by atoms with Crippen LogP contribution in [0, 0.1) is 6.92 Å². The lowest BCUT2D eigenvalue weighted by molar-refractivity contribution is 0.0952. The van der Waals surface area contributed by atoms with Crippen LogP contribution in [-0.4, -0.2) is 12.5 Å². The normalized spacial score (nSPS) is 10.5. The van der Waals surface area contributed by atoms with Crippen LogP contribution in [0.4, 0.5) is 0 Å². The van der Waals surface area contributed by atoms with E-state index in [9.17, 15) is 4.79 Å². The molecular formula is C16H24BrNO. The zero-order valence-corrected chi connectivity index (χ0v) is 13.6. The Bertz CT molecular complexity index is 404. The number of benzene rings is 1. The van der Waals surface area contributed by atoms with E-state index < -0.39 is 0 Å². The van der Waals surface area contributed by atoms with Gasteiger partial charge >= 0.3 is 0 Å². The number of unbranched alkanes of at least 4 members (excludes halogenated alkanes) is 5. The van der Waals surface area contributed by atoms with Gasteiger partial charge in [-0.2, -0.15) is 0 Å². The summed E-state index contributed by atoms with van der Waals surface area (Å²) in [5, 5.41) is 3.00. The van der Waals surface area contributed by atoms with Gasteiger partial charge in [-0.3, -0.25) is 4.79 Å². The van der Waals surface area contributed by atoms with Crippen molar-refractivity contribution in [1.29, 1.82) is 0 Å². The number of hydrogen-bond donors (Lipinski definition) is 1. The van der Waals surface area contributed by atoms with E-state index in [2.05, 4.69) is 28.2 Å². The molecule has 0 atom stereocenters. The van der Waals surface area contributed by atoms with Crippen LogP contribution in [0.5, 0.6) is 0 Å². The summed E-state index contributed by atoms with van der Waals surface area (Å²) in [6.45, 7) is 4.96. The van der Waals surface area contributed by atoms with Crippen molar-refractivity contribution >= 4 is 21.8 Å². The molecule has 19 heavy (non-hydrogen) atoms. The van der Waals surface area contributed by atoms with Crippen LogP contribution >= 0.6 is 15.9 Å². The molecule has 106 valence electrons. The van der Waals surface area contributed by atoms with Crippen LogP contribution < -0.4 is 5.32 Å². The SMILES string of the molecule is CCCCCCCCNC(=O)c1cccc(Br)c1C. The Kier molecular flexibility index (Phi) is 7.80. The van der Waals surface area contributed by atoms with Crippen LogP contribution in [0.2, 0.25) is 0 Å². The molecule has 0 aromatic heterocycles. The molecule has 0 unspecified atom stereocenters. The van der Waals surface area contributed by atoms with Gasteiger partial charge in [-0.05, 0) is 31.0 Å². The first-order chi connectivity index (χ1) is 9.16. The number of nitrogens with one attached hydrogen (secondary N) is 1. The topological polar surface area (TPSA) is 29.1 Å². The lowest BCUT2D eigenvalue weighted by Crippen LogP contribution is -2.25. The fraction of sp³-hybridized carbons (Fsp3) is 0.562. The van der Waals surface area contributed by atoms with Crippen LogP contribution in [0.3, 0.4) is 0 Å². The molecule has 1 aromatic carbocycles. The van der Waals surface area contributed by atoms with Crippen molar-refractivity contribution in [2.45, 2.75) is 52.4 Å². The Labute approximate surface area is 125 Å². The molecule has 0 spiro atoms. The second-order valence-electron chi connectivity index (χ2n) is 4.94. The number of hydrogen-bond acceptors (Lipinski definition) is 1. The van der Waals surface area contributed by atoms with E-state index in [-0.39, 0.29) is 5.91 Å². The maximum Gasteiger partial charge on any atom is 0.251 e. The Morgan fingerprint density at radius 3 is 2.58 bits per heavy atom. The molecule has 1 rings (SSSR count).